The highest BCUT2D eigenvalue weighted by Crippen LogP contribution is 2.26. The van der Waals surface area contributed by atoms with E-state index in [9.17, 15) is 5.11 Å². The summed E-state index contributed by atoms with van der Waals surface area (Å²) in [6, 6.07) is 8.50. The maximum Gasteiger partial charge on any atom is 0.0695 e. The van der Waals surface area contributed by atoms with Gasteiger partial charge in [-0.05, 0) is 43.5 Å². The largest absolute Gasteiger partial charge is 0.399 e. The Hall–Kier alpha value is -1.26. The second-order valence-corrected chi connectivity index (χ2v) is 5.68. The third-order valence-electron chi connectivity index (χ3n) is 4.49. The van der Waals surface area contributed by atoms with Crippen LogP contribution in [0.1, 0.15) is 19.3 Å². The van der Waals surface area contributed by atoms with E-state index < -0.39 is 0 Å². The second-order valence-electron chi connectivity index (χ2n) is 5.68. The predicted octanol–water partition coefficient (Wildman–Crippen LogP) is 1.30. The molecule has 2 atom stereocenters. The molecule has 2 unspecified atom stereocenters. The van der Waals surface area contributed by atoms with Crippen molar-refractivity contribution in [1.82, 2.24) is 4.90 Å². The third-order valence-corrected chi connectivity index (χ3v) is 4.49. The van der Waals surface area contributed by atoms with Crippen LogP contribution in [0.4, 0.5) is 11.4 Å². The molecule has 2 fully saturated rings. The first-order valence-electron chi connectivity index (χ1n) is 7.26. The molecule has 1 aliphatic heterocycles. The van der Waals surface area contributed by atoms with Crippen LogP contribution in [0.5, 0.6) is 0 Å². The van der Waals surface area contributed by atoms with E-state index in [0.717, 1.165) is 44.7 Å². The molecule has 1 heterocycles. The lowest BCUT2D eigenvalue weighted by Gasteiger charge is -2.40. The van der Waals surface area contributed by atoms with E-state index in [2.05, 4.69) is 21.9 Å². The highest BCUT2D eigenvalue weighted by molar-refractivity contribution is 5.53. The van der Waals surface area contributed by atoms with Crippen LogP contribution in [0, 0.1) is 0 Å². The fourth-order valence-corrected chi connectivity index (χ4v) is 3.34. The lowest BCUT2D eigenvalue weighted by atomic mass is 10.1. The Morgan fingerprint density at radius 3 is 2.26 bits per heavy atom. The number of hydrogen-bond donors (Lipinski definition) is 2. The summed E-state index contributed by atoms with van der Waals surface area (Å²) in [5, 5.41) is 9.99. The molecule has 1 saturated carbocycles. The number of anilines is 2. The smallest absolute Gasteiger partial charge is 0.0695 e. The lowest BCUT2D eigenvalue weighted by molar-refractivity contribution is 0.0671. The van der Waals surface area contributed by atoms with Crippen LogP contribution < -0.4 is 10.6 Å². The predicted molar refractivity (Wildman–Crippen MR) is 78.3 cm³/mol. The van der Waals surface area contributed by atoms with Crippen molar-refractivity contribution in [3.05, 3.63) is 24.3 Å². The number of nitrogen functional groups attached to an aromatic ring is 1. The molecule has 3 rings (SSSR count). The number of nitrogens with zero attached hydrogens (tertiary/aromatic N) is 2. The molecular formula is C15H23N3O. The van der Waals surface area contributed by atoms with Crippen LogP contribution in [0.3, 0.4) is 0 Å². The minimum atomic E-state index is -0.108. The van der Waals surface area contributed by atoms with Crippen LogP contribution in [0.25, 0.3) is 0 Å². The van der Waals surface area contributed by atoms with Gasteiger partial charge in [0.05, 0.1) is 6.10 Å². The number of nitrogens with two attached hydrogens (primary N) is 1. The summed E-state index contributed by atoms with van der Waals surface area (Å²) in [6.45, 7) is 4.17. The third kappa shape index (κ3) is 2.69. The van der Waals surface area contributed by atoms with Gasteiger partial charge in [-0.3, -0.25) is 4.90 Å². The molecular weight excluding hydrogens is 238 g/mol. The van der Waals surface area contributed by atoms with E-state index in [1.165, 1.54) is 12.1 Å². The molecule has 3 N–H and O–H groups in total. The van der Waals surface area contributed by atoms with Crippen LogP contribution in [-0.4, -0.2) is 48.3 Å². The minimum absolute atomic E-state index is 0.108. The molecule has 1 aromatic rings. The summed E-state index contributed by atoms with van der Waals surface area (Å²) in [4.78, 5) is 4.86. The SMILES string of the molecule is Nc1ccc(N2CCN(C3CCCC3O)CC2)cc1. The topological polar surface area (TPSA) is 52.7 Å². The number of benzene rings is 1. The number of hydrogen-bond acceptors (Lipinski definition) is 4. The first-order valence-corrected chi connectivity index (χ1v) is 7.26. The van der Waals surface area contributed by atoms with Crippen molar-refractivity contribution in [2.75, 3.05) is 36.8 Å². The first-order chi connectivity index (χ1) is 9.24. The molecule has 1 aliphatic carbocycles. The van der Waals surface area contributed by atoms with Gasteiger partial charge in [-0.2, -0.15) is 0 Å². The number of rotatable bonds is 2. The average Bonchev–Trinajstić information content (AvgIpc) is 2.86. The fourth-order valence-electron chi connectivity index (χ4n) is 3.34. The van der Waals surface area contributed by atoms with E-state index in [0.29, 0.717) is 6.04 Å². The zero-order chi connectivity index (χ0) is 13.2. The summed E-state index contributed by atoms with van der Waals surface area (Å²) >= 11 is 0. The number of aliphatic hydroxyl groups excluding tert-OH is 1. The summed E-state index contributed by atoms with van der Waals surface area (Å²) in [6.07, 6.45) is 3.19. The Labute approximate surface area is 114 Å². The zero-order valence-corrected chi connectivity index (χ0v) is 11.3. The Balaban J connectivity index is 1.58. The standard InChI is InChI=1S/C15H23N3O/c16-12-4-6-13(7-5-12)17-8-10-18(11-9-17)14-2-1-3-15(14)19/h4-7,14-15,19H,1-3,8-11,16H2. The van der Waals surface area contributed by atoms with Crippen molar-refractivity contribution in [1.29, 1.82) is 0 Å². The van der Waals surface area contributed by atoms with E-state index in [-0.39, 0.29) is 6.10 Å². The highest BCUT2D eigenvalue weighted by Gasteiger charge is 2.32. The highest BCUT2D eigenvalue weighted by atomic mass is 16.3. The van der Waals surface area contributed by atoms with Gasteiger partial charge >= 0.3 is 0 Å². The second kappa shape index (κ2) is 5.39. The first kappa shape index (κ1) is 12.8. The van der Waals surface area contributed by atoms with Crippen LogP contribution in [0.2, 0.25) is 0 Å². The van der Waals surface area contributed by atoms with Gasteiger partial charge in [0.2, 0.25) is 0 Å². The zero-order valence-electron chi connectivity index (χ0n) is 11.3. The molecule has 1 aromatic carbocycles. The monoisotopic (exact) mass is 261 g/mol. The average molecular weight is 261 g/mol. The summed E-state index contributed by atoms with van der Waals surface area (Å²) in [7, 11) is 0. The Morgan fingerprint density at radius 1 is 1.00 bits per heavy atom. The molecule has 2 aliphatic rings. The van der Waals surface area contributed by atoms with Crippen LogP contribution in [0.15, 0.2) is 24.3 Å². The molecule has 0 spiro atoms. The Morgan fingerprint density at radius 2 is 1.68 bits per heavy atom. The molecule has 0 radical (unpaired) electrons. The van der Waals surface area contributed by atoms with Gasteiger partial charge in [0.1, 0.15) is 0 Å². The summed E-state index contributed by atoms with van der Waals surface area (Å²) < 4.78 is 0. The van der Waals surface area contributed by atoms with Crippen LogP contribution >= 0.6 is 0 Å². The fraction of sp³-hybridized carbons (Fsp3) is 0.600. The van der Waals surface area contributed by atoms with E-state index in [1.54, 1.807) is 0 Å². The van der Waals surface area contributed by atoms with Crippen molar-refractivity contribution >= 4 is 11.4 Å². The van der Waals surface area contributed by atoms with Crippen molar-refractivity contribution < 1.29 is 5.11 Å². The van der Waals surface area contributed by atoms with Crippen molar-refractivity contribution in [2.24, 2.45) is 0 Å². The van der Waals surface area contributed by atoms with E-state index >= 15 is 0 Å². The van der Waals surface area contributed by atoms with Gasteiger partial charge in [-0.25, -0.2) is 0 Å². The van der Waals surface area contributed by atoms with Crippen molar-refractivity contribution in [2.45, 2.75) is 31.4 Å². The lowest BCUT2D eigenvalue weighted by Crippen LogP contribution is -2.52. The molecule has 0 amide bonds. The van der Waals surface area contributed by atoms with Gasteiger partial charge < -0.3 is 15.7 Å². The van der Waals surface area contributed by atoms with Crippen molar-refractivity contribution in [3.8, 4) is 0 Å². The molecule has 0 aromatic heterocycles. The van der Waals surface area contributed by atoms with Gasteiger partial charge in [0.15, 0.2) is 0 Å². The van der Waals surface area contributed by atoms with Gasteiger partial charge in [0, 0.05) is 43.6 Å². The maximum absolute atomic E-state index is 9.99. The Bertz CT molecular complexity index is 412. The molecule has 4 nitrogen and oxygen atoms in total. The van der Waals surface area contributed by atoms with Gasteiger partial charge in [0.25, 0.3) is 0 Å². The summed E-state index contributed by atoms with van der Waals surface area (Å²) in [5.74, 6) is 0. The van der Waals surface area contributed by atoms with E-state index in [1.807, 2.05) is 12.1 Å². The molecule has 4 heteroatoms. The van der Waals surface area contributed by atoms with Gasteiger partial charge in [-0.15, -0.1) is 0 Å². The quantitative estimate of drug-likeness (QED) is 0.788. The molecule has 0 bridgehead atoms. The van der Waals surface area contributed by atoms with Crippen LogP contribution in [-0.2, 0) is 0 Å². The normalized spacial score (nSPS) is 28.8. The number of aliphatic hydroxyl groups is 1. The van der Waals surface area contributed by atoms with E-state index in [4.69, 9.17) is 5.73 Å². The molecule has 104 valence electrons. The summed E-state index contributed by atoms with van der Waals surface area (Å²) in [5.41, 5.74) is 7.79. The molecule has 1 saturated heterocycles. The molecule has 19 heavy (non-hydrogen) atoms. The number of piperazine rings is 1. The Kier molecular flexibility index (Phi) is 3.62. The van der Waals surface area contributed by atoms with Crippen molar-refractivity contribution in [3.63, 3.8) is 0 Å². The minimum Gasteiger partial charge on any atom is -0.399 e. The maximum atomic E-state index is 9.99. The van der Waals surface area contributed by atoms with Gasteiger partial charge in [-0.1, -0.05) is 0 Å².